The highest BCUT2D eigenvalue weighted by Crippen LogP contribution is 2.20. The third kappa shape index (κ3) is 7.15. The Kier molecular flexibility index (Phi) is 9.19. The topological polar surface area (TPSA) is 42.9 Å². The second-order valence-electron chi connectivity index (χ2n) is 7.95. The SMILES string of the molecule is CCN1CCN(CCNC(=NC)NCC(Cc2ccccc2)c2ccccc2)CC1. The van der Waals surface area contributed by atoms with E-state index in [1.807, 2.05) is 7.05 Å². The molecule has 5 heteroatoms. The minimum Gasteiger partial charge on any atom is -0.356 e. The zero-order valence-electron chi connectivity index (χ0n) is 18.6. The smallest absolute Gasteiger partial charge is 0.191 e. The van der Waals surface area contributed by atoms with Crippen LogP contribution >= 0.6 is 0 Å². The van der Waals surface area contributed by atoms with Crippen LogP contribution in [0.5, 0.6) is 0 Å². The van der Waals surface area contributed by atoms with Gasteiger partial charge in [-0.15, -0.1) is 0 Å². The van der Waals surface area contributed by atoms with Crippen molar-refractivity contribution in [3.8, 4) is 0 Å². The van der Waals surface area contributed by atoms with E-state index in [0.717, 1.165) is 51.6 Å². The summed E-state index contributed by atoms with van der Waals surface area (Å²) in [5, 5.41) is 7.05. The van der Waals surface area contributed by atoms with Crippen LogP contribution in [0.2, 0.25) is 0 Å². The molecule has 2 N–H and O–H groups in total. The fraction of sp³-hybridized carbons (Fsp3) is 0.480. The maximum absolute atomic E-state index is 4.44. The highest BCUT2D eigenvalue weighted by molar-refractivity contribution is 5.79. The van der Waals surface area contributed by atoms with E-state index in [2.05, 4.69) is 93.0 Å². The van der Waals surface area contributed by atoms with Crippen LogP contribution < -0.4 is 10.6 Å². The number of hydrogen-bond acceptors (Lipinski definition) is 3. The third-order valence-electron chi connectivity index (χ3n) is 5.97. The molecule has 0 spiro atoms. The predicted octanol–water partition coefficient (Wildman–Crippen LogP) is 2.82. The predicted molar refractivity (Wildman–Crippen MR) is 127 cm³/mol. The lowest BCUT2D eigenvalue weighted by molar-refractivity contribution is 0.139. The summed E-state index contributed by atoms with van der Waals surface area (Å²) in [6, 6.07) is 21.5. The van der Waals surface area contributed by atoms with Crippen LogP contribution in [0.3, 0.4) is 0 Å². The molecule has 2 aromatic rings. The molecule has 30 heavy (non-hydrogen) atoms. The Bertz CT molecular complexity index is 739. The number of nitrogens with one attached hydrogen (secondary N) is 2. The molecular weight excluding hydrogens is 370 g/mol. The summed E-state index contributed by atoms with van der Waals surface area (Å²) in [6.07, 6.45) is 1.01. The van der Waals surface area contributed by atoms with Crippen molar-refractivity contribution in [1.82, 2.24) is 20.4 Å². The van der Waals surface area contributed by atoms with Gasteiger partial charge in [-0.1, -0.05) is 67.6 Å². The molecule has 0 radical (unpaired) electrons. The largest absolute Gasteiger partial charge is 0.356 e. The van der Waals surface area contributed by atoms with Gasteiger partial charge >= 0.3 is 0 Å². The summed E-state index contributed by atoms with van der Waals surface area (Å²) in [5.41, 5.74) is 2.72. The molecule has 1 atom stereocenters. The van der Waals surface area contributed by atoms with Crippen molar-refractivity contribution in [2.45, 2.75) is 19.3 Å². The van der Waals surface area contributed by atoms with Gasteiger partial charge in [0.25, 0.3) is 0 Å². The number of nitrogens with zero attached hydrogens (tertiary/aromatic N) is 3. The van der Waals surface area contributed by atoms with E-state index in [1.165, 1.54) is 24.2 Å². The van der Waals surface area contributed by atoms with E-state index < -0.39 is 0 Å². The first-order valence-electron chi connectivity index (χ1n) is 11.3. The van der Waals surface area contributed by atoms with Crippen molar-refractivity contribution >= 4 is 5.96 Å². The Balaban J connectivity index is 1.48. The molecule has 1 aliphatic rings. The average molecular weight is 408 g/mol. The van der Waals surface area contributed by atoms with Gasteiger partial charge in [-0.3, -0.25) is 9.89 Å². The molecule has 0 aliphatic carbocycles. The van der Waals surface area contributed by atoms with Gasteiger partial charge in [0.05, 0.1) is 0 Å². The lowest BCUT2D eigenvalue weighted by Gasteiger charge is -2.34. The molecule has 1 saturated heterocycles. The van der Waals surface area contributed by atoms with Crippen LogP contribution in [0.4, 0.5) is 0 Å². The van der Waals surface area contributed by atoms with Gasteiger partial charge in [-0.25, -0.2) is 0 Å². The second kappa shape index (κ2) is 12.4. The van der Waals surface area contributed by atoms with Crippen LogP contribution in [-0.2, 0) is 6.42 Å². The highest BCUT2D eigenvalue weighted by atomic mass is 15.3. The molecule has 5 nitrogen and oxygen atoms in total. The molecule has 1 aliphatic heterocycles. The van der Waals surface area contributed by atoms with Gasteiger partial charge in [0.1, 0.15) is 0 Å². The zero-order valence-corrected chi connectivity index (χ0v) is 18.6. The van der Waals surface area contributed by atoms with Gasteiger partial charge in [-0.05, 0) is 24.1 Å². The average Bonchev–Trinajstić information content (AvgIpc) is 2.82. The first-order chi connectivity index (χ1) is 14.8. The lowest BCUT2D eigenvalue weighted by atomic mass is 9.92. The molecule has 0 amide bonds. The van der Waals surface area contributed by atoms with E-state index in [4.69, 9.17) is 0 Å². The standard InChI is InChI=1S/C25H37N5/c1-3-29-16-18-30(19-17-29)15-14-27-25(26-2)28-21-24(23-12-8-5-9-13-23)20-22-10-6-4-7-11-22/h4-13,24H,3,14-21H2,1-2H3,(H2,26,27,28). The van der Waals surface area contributed by atoms with Gasteiger partial charge in [0, 0.05) is 58.8 Å². The third-order valence-corrected chi connectivity index (χ3v) is 5.97. The van der Waals surface area contributed by atoms with Crippen molar-refractivity contribution in [1.29, 1.82) is 0 Å². The highest BCUT2D eigenvalue weighted by Gasteiger charge is 2.16. The van der Waals surface area contributed by atoms with Crippen LogP contribution in [0.1, 0.15) is 24.0 Å². The lowest BCUT2D eigenvalue weighted by Crippen LogP contribution is -2.49. The van der Waals surface area contributed by atoms with Crippen LogP contribution in [0.15, 0.2) is 65.7 Å². The van der Waals surface area contributed by atoms with Crippen molar-refractivity contribution in [2.24, 2.45) is 4.99 Å². The molecule has 3 rings (SSSR count). The molecule has 1 fully saturated rings. The van der Waals surface area contributed by atoms with Crippen LogP contribution in [0.25, 0.3) is 0 Å². The molecule has 0 saturated carbocycles. The minimum atomic E-state index is 0.397. The number of piperazine rings is 1. The van der Waals surface area contributed by atoms with Gasteiger partial charge in [-0.2, -0.15) is 0 Å². The van der Waals surface area contributed by atoms with Crippen LogP contribution in [-0.4, -0.2) is 75.2 Å². The molecule has 2 aromatic carbocycles. The van der Waals surface area contributed by atoms with Gasteiger partial charge in [0.15, 0.2) is 5.96 Å². The van der Waals surface area contributed by atoms with Crippen LogP contribution in [0, 0.1) is 0 Å². The van der Waals surface area contributed by atoms with E-state index in [1.54, 1.807) is 0 Å². The number of likely N-dealkylation sites (N-methyl/N-ethyl adjacent to an activating group) is 1. The normalized spacial score (nSPS) is 16.9. The summed E-state index contributed by atoms with van der Waals surface area (Å²) < 4.78 is 0. The Morgan fingerprint density at radius 3 is 2.17 bits per heavy atom. The summed E-state index contributed by atoms with van der Waals surface area (Å²) in [6.45, 7) is 10.9. The maximum atomic E-state index is 4.44. The minimum absolute atomic E-state index is 0.397. The van der Waals surface area contributed by atoms with E-state index >= 15 is 0 Å². The summed E-state index contributed by atoms with van der Waals surface area (Å²) >= 11 is 0. The summed E-state index contributed by atoms with van der Waals surface area (Å²) in [4.78, 5) is 9.49. The quantitative estimate of drug-likeness (QED) is 0.496. The number of hydrogen-bond donors (Lipinski definition) is 2. The summed E-state index contributed by atoms with van der Waals surface area (Å²) in [5.74, 6) is 1.28. The first kappa shape index (κ1) is 22.3. The van der Waals surface area contributed by atoms with E-state index in [9.17, 15) is 0 Å². The second-order valence-corrected chi connectivity index (χ2v) is 7.95. The fourth-order valence-electron chi connectivity index (χ4n) is 4.03. The number of benzene rings is 2. The first-order valence-corrected chi connectivity index (χ1v) is 11.3. The molecule has 0 bridgehead atoms. The molecule has 162 valence electrons. The monoisotopic (exact) mass is 407 g/mol. The molecule has 1 heterocycles. The van der Waals surface area contributed by atoms with Crippen molar-refractivity contribution in [3.63, 3.8) is 0 Å². The zero-order chi connectivity index (χ0) is 21.0. The molecule has 0 aromatic heterocycles. The number of aliphatic imine (C=N–C) groups is 1. The molecular formula is C25H37N5. The Morgan fingerprint density at radius 1 is 0.900 bits per heavy atom. The fourth-order valence-corrected chi connectivity index (χ4v) is 4.03. The van der Waals surface area contributed by atoms with E-state index in [-0.39, 0.29) is 0 Å². The Hall–Kier alpha value is -2.37. The Labute approximate surface area is 182 Å². The number of guanidine groups is 1. The maximum Gasteiger partial charge on any atom is 0.191 e. The van der Waals surface area contributed by atoms with Crippen molar-refractivity contribution in [2.75, 3.05) is 59.4 Å². The van der Waals surface area contributed by atoms with Crippen molar-refractivity contribution in [3.05, 3.63) is 71.8 Å². The molecule has 1 unspecified atom stereocenters. The Morgan fingerprint density at radius 2 is 1.53 bits per heavy atom. The van der Waals surface area contributed by atoms with Gasteiger partial charge in [0.2, 0.25) is 0 Å². The van der Waals surface area contributed by atoms with Gasteiger partial charge < -0.3 is 15.5 Å². The summed E-state index contributed by atoms with van der Waals surface area (Å²) in [7, 11) is 1.85. The van der Waals surface area contributed by atoms with Crippen molar-refractivity contribution < 1.29 is 0 Å². The van der Waals surface area contributed by atoms with E-state index in [0.29, 0.717) is 5.92 Å². The number of rotatable bonds is 9.